The van der Waals surface area contributed by atoms with E-state index in [1.54, 1.807) is 0 Å². The molecule has 0 aromatic heterocycles. The highest BCUT2D eigenvalue weighted by Crippen LogP contribution is 2.18. The average Bonchev–Trinajstić information content (AvgIpc) is 2.29. The minimum Gasteiger partial charge on any atom is -0.336 e. The van der Waals surface area contributed by atoms with Gasteiger partial charge in [-0.15, -0.1) is 0 Å². The van der Waals surface area contributed by atoms with Crippen molar-refractivity contribution in [2.75, 3.05) is 0 Å². The molecular weight excluding hydrogens is 256 g/mol. The first-order chi connectivity index (χ1) is 9.36. The lowest BCUT2D eigenvalue weighted by Crippen LogP contribution is -2.50. The first-order valence-corrected chi connectivity index (χ1v) is 7.51. The van der Waals surface area contributed by atoms with Crippen LogP contribution >= 0.6 is 0 Å². The summed E-state index contributed by atoms with van der Waals surface area (Å²) in [7, 11) is 0. The Balaban J connectivity index is 2.23. The minimum absolute atomic E-state index is 0.103. The van der Waals surface area contributed by atoms with Crippen LogP contribution in [-0.2, 0) is 0 Å². The first-order valence-electron chi connectivity index (χ1n) is 7.51. The van der Waals surface area contributed by atoms with Gasteiger partial charge in [-0.2, -0.15) is 0 Å². The quantitative estimate of drug-likeness (QED) is 0.634. The van der Waals surface area contributed by atoms with Gasteiger partial charge < -0.3 is 21.3 Å². The maximum atomic E-state index is 11.6. The van der Waals surface area contributed by atoms with Crippen LogP contribution in [0.1, 0.15) is 53.4 Å². The third-order valence-corrected chi connectivity index (χ3v) is 3.24. The molecule has 0 aromatic rings. The summed E-state index contributed by atoms with van der Waals surface area (Å²) in [6.45, 7) is 7.75. The van der Waals surface area contributed by atoms with Crippen LogP contribution in [0.4, 0.5) is 9.59 Å². The Morgan fingerprint density at radius 2 is 1.05 bits per heavy atom. The Morgan fingerprint density at radius 3 is 1.30 bits per heavy atom. The van der Waals surface area contributed by atoms with Gasteiger partial charge in [0.15, 0.2) is 0 Å². The summed E-state index contributed by atoms with van der Waals surface area (Å²) in [5.41, 5.74) is 0. The number of carbonyl (C=O) groups is 2. The summed E-state index contributed by atoms with van der Waals surface area (Å²) in [5.74, 6) is 0. The fourth-order valence-corrected chi connectivity index (χ4v) is 2.36. The maximum Gasteiger partial charge on any atom is 0.315 e. The van der Waals surface area contributed by atoms with E-state index in [1.807, 2.05) is 27.7 Å². The van der Waals surface area contributed by atoms with E-state index >= 15 is 0 Å². The Labute approximate surface area is 121 Å². The largest absolute Gasteiger partial charge is 0.336 e. The molecule has 116 valence electrons. The van der Waals surface area contributed by atoms with Crippen LogP contribution in [-0.4, -0.2) is 36.2 Å². The molecule has 1 rings (SSSR count). The molecule has 0 heterocycles. The van der Waals surface area contributed by atoms with Gasteiger partial charge >= 0.3 is 12.1 Å². The molecule has 1 saturated carbocycles. The van der Waals surface area contributed by atoms with Gasteiger partial charge in [-0.05, 0) is 53.4 Å². The van der Waals surface area contributed by atoms with Gasteiger partial charge in [0.2, 0.25) is 0 Å². The van der Waals surface area contributed by atoms with Crippen molar-refractivity contribution in [1.29, 1.82) is 0 Å². The summed E-state index contributed by atoms with van der Waals surface area (Å²) < 4.78 is 0. The van der Waals surface area contributed by atoms with Crippen LogP contribution in [0.3, 0.4) is 0 Å². The topological polar surface area (TPSA) is 82.3 Å². The van der Waals surface area contributed by atoms with Gasteiger partial charge in [-0.1, -0.05) is 0 Å². The monoisotopic (exact) mass is 284 g/mol. The van der Waals surface area contributed by atoms with Crippen LogP contribution < -0.4 is 21.3 Å². The minimum atomic E-state index is -0.103. The molecule has 1 fully saturated rings. The van der Waals surface area contributed by atoms with Gasteiger partial charge in [0, 0.05) is 24.2 Å². The molecule has 4 N–H and O–H groups in total. The lowest BCUT2D eigenvalue weighted by atomic mass is 9.91. The molecule has 0 atom stereocenters. The molecule has 1 aliphatic rings. The van der Waals surface area contributed by atoms with E-state index in [9.17, 15) is 9.59 Å². The predicted molar refractivity (Wildman–Crippen MR) is 79.7 cm³/mol. The van der Waals surface area contributed by atoms with Crippen LogP contribution in [0, 0.1) is 0 Å². The molecule has 0 aromatic carbocycles. The lowest BCUT2D eigenvalue weighted by molar-refractivity contribution is 0.219. The maximum absolute atomic E-state index is 11.6. The average molecular weight is 284 g/mol. The molecule has 0 saturated heterocycles. The molecule has 0 bridgehead atoms. The highest BCUT2D eigenvalue weighted by molar-refractivity contribution is 5.75. The second-order valence-electron chi connectivity index (χ2n) is 6.09. The summed E-state index contributed by atoms with van der Waals surface area (Å²) in [5, 5.41) is 11.6. The van der Waals surface area contributed by atoms with Crippen molar-refractivity contribution in [3.8, 4) is 0 Å². The van der Waals surface area contributed by atoms with Crippen molar-refractivity contribution >= 4 is 12.1 Å². The highest BCUT2D eigenvalue weighted by atomic mass is 16.2. The standard InChI is InChI=1S/C14H28N4O2/c1-9(2)15-13(19)17-11-5-7-12(8-6-11)18-14(20)16-10(3)4/h9-12H,5-8H2,1-4H3,(H2,15,17,19)(H2,16,18,20). The zero-order valence-electron chi connectivity index (χ0n) is 13.0. The lowest BCUT2D eigenvalue weighted by Gasteiger charge is -2.30. The van der Waals surface area contributed by atoms with Crippen molar-refractivity contribution in [3.63, 3.8) is 0 Å². The van der Waals surface area contributed by atoms with Gasteiger partial charge in [0.05, 0.1) is 0 Å². The molecule has 6 heteroatoms. The van der Waals surface area contributed by atoms with Gasteiger partial charge in [-0.3, -0.25) is 0 Å². The molecule has 0 radical (unpaired) electrons. The van der Waals surface area contributed by atoms with E-state index in [0.29, 0.717) is 0 Å². The molecule has 6 nitrogen and oxygen atoms in total. The zero-order valence-corrected chi connectivity index (χ0v) is 13.0. The van der Waals surface area contributed by atoms with Crippen LogP contribution in [0.25, 0.3) is 0 Å². The smallest absolute Gasteiger partial charge is 0.315 e. The number of amides is 4. The molecular formula is C14H28N4O2. The van der Waals surface area contributed by atoms with Crippen molar-refractivity contribution in [3.05, 3.63) is 0 Å². The van der Waals surface area contributed by atoms with E-state index < -0.39 is 0 Å². The van der Waals surface area contributed by atoms with Gasteiger partial charge in [0.25, 0.3) is 0 Å². The number of carbonyl (C=O) groups excluding carboxylic acids is 2. The fraction of sp³-hybridized carbons (Fsp3) is 0.857. The van der Waals surface area contributed by atoms with Crippen LogP contribution in [0.15, 0.2) is 0 Å². The molecule has 20 heavy (non-hydrogen) atoms. The fourth-order valence-electron chi connectivity index (χ4n) is 2.36. The molecule has 0 unspecified atom stereocenters. The van der Waals surface area contributed by atoms with E-state index in [4.69, 9.17) is 0 Å². The van der Waals surface area contributed by atoms with Gasteiger partial charge in [-0.25, -0.2) is 9.59 Å². The number of urea groups is 2. The van der Waals surface area contributed by atoms with Gasteiger partial charge in [0.1, 0.15) is 0 Å². The van der Waals surface area contributed by atoms with Crippen molar-refractivity contribution < 1.29 is 9.59 Å². The normalized spacial score (nSPS) is 22.5. The summed E-state index contributed by atoms with van der Waals surface area (Å²) in [4.78, 5) is 23.2. The molecule has 0 spiro atoms. The SMILES string of the molecule is CC(C)NC(=O)NC1CCC(NC(=O)NC(C)C)CC1. The van der Waals surface area contributed by atoms with E-state index in [1.165, 1.54) is 0 Å². The number of rotatable bonds is 4. The number of hydrogen-bond donors (Lipinski definition) is 4. The zero-order chi connectivity index (χ0) is 15.1. The summed E-state index contributed by atoms with van der Waals surface area (Å²) in [6, 6.07) is 0.503. The van der Waals surface area contributed by atoms with Crippen molar-refractivity contribution in [2.45, 2.75) is 77.5 Å². The van der Waals surface area contributed by atoms with Crippen molar-refractivity contribution in [1.82, 2.24) is 21.3 Å². The Morgan fingerprint density at radius 1 is 0.750 bits per heavy atom. The second kappa shape index (κ2) is 7.97. The van der Waals surface area contributed by atoms with E-state index in [0.717, 1.165) is 25.7 Å². The molecule has 0 aliphatic heterocycles. The Hall–Kier alpha value is -1.46. The van der Waals surface area contributed by atoms with E-state index in [-0.39, 0.29) is 36.2 Å². The van der Waals surface area contributed by atoms with E-state index in [2.05, 4.69) is 21.3 Å². The van der Waals surface area contributed by atoms with Crippen LogP contribution in [0.5, 0.6) is 0 Å². The summed E-state index contributed by atoms with van der Waals surface area (Å²) in [6.07, 6.45) is 3.60. The predicted octanol–water partition coefficient (Wildman–Crippen LogP) is 1.71. The third-order valence-electron chi connectivity index (χ3n) is 3.24. The van der Waals surface area contributed by atoms with Crippen molar-refractivity contribution in [2.24, 2.45) is 0 Å². The Kier molecular flexibility index (Phi) is 6.61. The molecule has 4 amide bonds. The highest BCUT2D eigenvalue weighted by Gasteiger charge is 2.23. The Bertz CT molecular complexity index is 291. The second-order valence-corrected chi connectivity index (χ2v) is 6.09. The number of hydrogen-bond acceptors (Lipinski definition) is 2. The third kappa shape index (κ3) is 6.63. The first kappa shape index (κ1) is 16.6. The van der Waals surface area contributed by atoms with Crippen LogP contribution in [0.2, 0.25) is 0 Å². The molecule has 1 aliphatic carbocycles. The number of nitrogens with one attached hydrogen (secondary N) is 4. The summed E-state index contributed by atoms with van der Waals surface area (Å²) >= 11 is 0.